The second kappa shape index (κ2) is 9.07. The molecule has 0 aliphatic carbocycles. The molecule has 26 heavy (non-hydrogen) atoms. The summed E-state index contributed by atoms with van der Waals surface area (Å²) in [5, 5.41) is 9.45. The quantitative estimate of drug-likeness (QED) is 0.513. The first-order chi connectivity index (χ1) is 12.5. The number of ether oxygens (including phenoxy) is 2. The van der Waals surface area contributed by atoms with Crippen LogP contribution in [0.1, 0.15) is 25.3 Å². The molecule has 0 unspecified atom stereocenters. The van der Waals surface area contributed by atoms with Crippen molar-refractivity contribution in [3.05, 3.63) is 59.0 Å². The maximum Gasteiger partial charge on any atom is 0.216 e. The molecule has 0 aliphatic heterocycles. The zero-order chi connectivity index (χ0) is 19.0. The molecule has 0 N–H and O–H groups in total. The van der Waals surface area contributed by atoms with Crippen LogP contribution in [-0.4, -0.2) is 22.1 Å². The number of para-hydroxylation sites is 1. The van der Waals surface area contributed by atoms with Crippen LogP contribution in [0.3, 0.4) is 0 Å². The van der Waals surface area contributed by atoms with Crippen LogP contribution in [0.4, 0.5) is 0 Å². The summed E-state index contributed by atoms with van der Waals surface area (Å²) in [6, 6.07) is 14.8. The smallest absolute Gasteiger partial charge is 0.216 e. The van der Waals surface area contributed by atoms with E-state index in [1.165, 1.54) is 25.3 Å². The molecule has 0 aliphatic rings. The van der Waals surface area contributed by atoms with Crippen molar-refractivity contribution in [2.24, 2.45) is 0 Å². The number of nitrogens with zero attached hydrogens (tertiary/aromatic N) is 1. The van der Waals surface area contributed by atoms with Gasteiger partial charge in [0.05, 0.1) is 18.6 Å². The molecule has 0 fully saturated rings. The lowest BCUT2D eigenvalue weighted by Gasteiger charge is -2.13. The first kappa shape index (κ1) is 19.5. The van der Waals surface area contributed by atoms with Gasteiger partial charge in [0, 0.05) is 5.56 Å². The van der Waals surface area contributed by atoms with Crippen molar-refractivity contribution in [2.45, 2.75) is 24.7 Å². The van der Waals surface area contributed by atoms with Crippen LogP contribution in [0.2, 0.25) is 0 Å². The highest BCUT2D eigenvalue weighted by Gasteiger charge is 2.21. The zero-order valence-electron chi connectivity index (χ0n) is 14.8. The summed E-state index contributed by atoms with van der Waals surface area (Å²) in [6.07, 6.45) is 3.15. The SMILES string of the molecule is CCCCOc1c(/C=C(\C#N)S(=O)(=O)c2ccccc2)cccc1OC. The van der Waals surface area contributed by atoms with E-state index in [0.717, 1.165) is 12.8 Å². The van der Waals surface area contributed by atoms with E-state index in [-0.39, 0.29) is 9.80 Å². The van der Waals surface area contributed by atoms with Crippen LogP contribution >= 0.6 is 0 Å². The zero-order valence-corrected chi connectivity index (χ0v) is 15.6. The Labute approximate surface area is 154 Å². The molecule has 136 valence electrons. The molecule has 0 saturated heterocycles. The Bertz CT molecular complexity index is 913. The minimum absolute atomic E-state index is 0.0733. The van der Waals surface area contributed by atoms with Gasteiger partial charge in [-0.15, -0.1) is 0 Å². The maximum absolute atomic E-state index is 12.7. The van der Waals surface area contributed by atoms with Gasteiger partial charge in [0.1, 0.15) is 11.0 Å². The standard InChI is InChI=1S/C20H21NO4S/c1-3-4-13-25-20-16(9-8-12-19(20)24-2)14-18(15-21)26(22,23)17-10-6-5-7-11-17/h5-12,14H,3-4,13H2,1-2H3/b18-14+. The predicted octanol–water partition coefficient (Wildman–Crippen LogP) is 4.21. The number of benzene rings is 2. The average molecular weight is 371 g/mol. The molecule has 0 radical (unpaired) electrons. The summed E-state index contributed by atoms with van der Waals surface area (Å²) >= 11 is 0. The summed E-state index contributed by atoms with van der Waals surface area (Å²) in [5.74, 6) is 0.920. The van der Waals surface area contributed by atoms with Gasteiger partial charge >= 0.3 is 0 Å². The van der Waals surface area contributed by atoms with Gasteiger partial charge in [-0.1, -0.05) is 43.7 Å². The summed E-state index contributed by atoms with van der Waals surface area (Å²) in [5.41, 5.74) is 0.483. The normalized spacial score (nSPS) is 11.7. The lowest BCUT2D eigenvalue weighted by molar-refractivity contribution is 0.287. The number of hydrogen-bond donors (Lipinski definition) is 0. The third-order valence-corrected chi connectivity index (χ3v) is 5.39. The van der Waals surface area contributed by atoms with Crippen LogP contribution < -0.4 is 9.47 Å². The van der Waals surface area contributed by atoms with Gasteiger partial charge in [-0.25, -0.2) is 8.42 Å². The first-order valence-electron chi connectivity index (χ1n) is 8.26. The summed E-state index contributed by atoms with van der Waals surface area (Å²) in [7, 11) is -2.39. The summed E-state index contributed by atoms with van der Waals surface area (Å²) < 4.78 is 36.6. The van der Waals surface area contributed by atoms with E-state index in [9.17, 15) is 13.7 Å². The third-order valence-electron chi connectivity index (χ3n) is 3.71. The molecular weight excluding hydrogens is 350 g/mol. The largest absolute Gasteiger partial charge is 0.493 e. The fourth-order valence-corrected chi connectivity index (χ4v) is 3.49. The minimum atomic E-state index is -3.91. The van der Waals surface area contributed by atoms with E-state index >= 15 is 0 Å². The van der Waals surface area contributed by atoms with E-state index < -0.39 is 9.84 Å². The Balaban J connectivity index is 2.51. The first-order valence-corrected chi connectivity index (χ1v) is 9.74. The summed E-state index contributed by atoms with van der Waals surface area (Å²) in [4.78, 5) is -0.276. The molecule has 2 aromatic carbocycles. The predicted molar refractivity (Wildman–Crippen MR) is 101 cm³/mol. The molecule has 2 rings (SSSR count). The average Bonchev–Trinajstić information content (AvgIpc) is 2.67. The Morgan fingerprint density at radius 2 is 1.88 bits per heavy atom. The van der Waals surface area contributed by atoms with Crippen molar-refractivity contribution >= 4 is 15.9 Å². The van der Waals surface area contributed by atoms with Crippen molar-refractivity contribution in [3.8, 4) is 17.6 Å². The molecule has 0 heterocycles. The molecule has 0 saturated carbocycles. The van der Waals surface area contributed by atoms with Gasteiger partial charge in [-0.2, -0.15) is 5.26 Å². The summed E-state index contributed by atoms with van der Waals surface area (Å²) in [6.45, 7) is 2.53. The van der Waals surface area contributed by atoms with Crippen LogP contribution in [0, 0.1) is 11.3 Å². The van der Waals surface area contributed by atoms with E-state index in [4.69, 9.17) is 9.47 Å². The minimum Gasteiger partial charge on any atom is -0.493 e. The van der Waals surface area contributed by atoms with Gasteiger partial charge in [0.2, 0.25) is 9.84 Å². The van der Waals surface area contributed by atoms with Crippen molar-refractivity contribution in [3.63, 3.8) is 0 Å². The van der Waals surface area contributed by atoms with E-state index in [0.29, 0.717) is 23.7 Å². The Morgan fingerprint density at radius 3 is 2.50 bits per heavy atom. The van der Waals surface area contributed by atoms with Crippen molar-refractivity contribution in [1.82, 2.24) is 0 Å². The van der Waals surface area contributed by atoms with Crippen molar-refractivity contribution < 1.29 is 17.9 Å². The Hall–Kier alpha value is -2.78. The lowest BCUT2D eigenvalue weighted by atomic mass is 10.1. The van der Waals surface area contributed by atoms with Crippen LogP contribution in [0.25, 0.3) is 6.08 Å². The van der Waals surface area contributed by atoms with Gasteiger partial charge in [0.25, 0.3) is 0 Å². The molecule has 0 bridgehead atoms. The fraction of sp³-hybridized carbons (Fsp3) is 0.250. The molecule has 0 aromatic heterocycles. The van der Waals surface area contributed by atoms with E-state index in [1.807, 2.05) is 6.92 Å². The number of methoxy groups -OCH3 is 1. The highest BCUT2D eigenvalue weighted by molar-refractivity contribution is 7.95. The maximum atomic E-state index is 12.7. The number of rotatable bonds is 8. The van der Waals surface area contributed by atoms with Crippen LogP contribution in [-0.2, 0) is 9.84 Å². The highest BCUT2D eigenvalue weighted by Crippen LogP contribution is 2.34. The Kier molecular flexibility index (Phi) is 6.81. The fourth-order valence-electron chi connectivity index (χ4n) is 2.32. The second-order valence-electron chi connectivity index (χ2n) is 5.52. The van der Waals surface area contributed by atoms with Gasteiger partial charge in [-0.3, -0.25) is 0 Å². The third kappa shape index (κ3) is 4.44. The van der Waals surface area contributed by atoms with E-state index in [1.54, 1.807) is 42.5 Å². The molecule has 6 heteroatoms. The molecule has 5 nitrogen and oxygen atoms in total. The molecule has 0 atom stereocenters. The Morgan fingerprint density at radius 1 is 1.15 bits per heavy atom. The van der Waals surface area contributed by atoms with Crippen LogP contribution in [0.15, 0.2) is 58.3 Å². The molecular formula is C20H21NO4S. The van der Waals surface area contributed by atoms with E-state index in [2.05, 4.69) is 0 Å². The number of hydrogen-bond acceptors (Lipinski definition) is 5. The van der Waals surface area contributed by atoms with Gasteiger partial charge < -0.3 is 9.47 Å². The van der Waals surface area contributed by atoms with Gasteiger partial charge in [0.15, 0.2) is 11.5 Å². The van der Waals surface area contributed by atoms with Crippen LogP contribution in [0.5, 0.6) is 11.5 Å². The second-order valence-corrected chi connectivity index (χ2v) is 7.44. The highest BCUT2D eigenvalue weighted by atomic mass is 32.2. The lowest BCUT2D eigenvalue weighted by Crippen LogP contribution is -2.04. The van der Waals surface area contributed by atoms with Crippen molar-refractivity contribution in [1.29, 1.82) is 5.26 Å². The van der Waals surface area contributed by atoms with Gasteiger partial charge in [-0.05, 0) is 30.7 Å². The number of sulfone groups is 1. The monoisotopic (exact) mass is 371 g/mol. The number of unbranched alkanes of at least 4 members (excludes halogenated alkanes) is 1. The number of nitriles is 1. The topological polar surface area (TPSA) is 76.4 Å². The molecule has 0 spiro atoms. The number of allylic oxidation sites excluding steroid dienone is 1. The molecule has 0 amide bonds. The molecule has 2 aromatic rings. The van der Waals surface area contributed by atoms with Crippen molar-refractivity contribution in [2.75, 3.05) is 13.7 Å².